The van der Waals surface area contributed by atoms with Crippen molar-refractivity contribution in [1.29, 1.82) is 0 Å². The van der Waals surface area contributed by atoms with Crippen molar-refractivity contribution in [2.75, 3.05) is 17.3 Å². The molecule has 0 fully saturated rings. The van der Waals surface area contributed by atoms with Crippen molar-refractivity contribution in [3.05, 3.63) is 78.3 Å². The van der Waals surface area contributed by atoms with E-state index < -0.39 is 21.5 Å². The highest BCUT2D eigenvalue weighted by Crippen LogP contribution is 2.34. The summed E-state index contributed by atoms with van der Waals surface area (Å²) in [6.45, 7) is 2.01. The SMILES string of the molecule is CCCCC(=O)Nc1cncc(-c2cc(F)c3n[nH]c(-c4nc5c(-c6cc(F)cc(CCS(C)(=O)=O)c6)nccc5[nH]4)c3c2)c1. The zero-order chi connectivity index (χ0) is 31.7. The molecule has 3 N–H and O–H groups in total. The van der Waals surface area contributed by atoms with Gasteiger partial charge in [0.1, 0.15) is 32.4 Å². The molecule has 13 heteroatoms. The van der Waals surface area contributed by atoms with E-state index in [1.807, 2.05) is 6.92 Å². The normalized spacial score (nSPS) is 11.8. The van der Waals surface area contributed by atoms with E-state index in [9.17, 15) is 17.6 Å². The molecule has 45 heavy (non-hydrogen) atoms. The summed E-state index contributed by atoms with van der Waals surface area (Å²) >= 11 is 0. The van der Waals surface area contributed by atoms with E-state index in [0.717, 1.165) is 19.1 Å². The molecule has 1 amide bonds. The van der Waals surface area contributed by atoms with Crippen LogP contribution in [0.3, 0.4) is 0 Å². The molecule has 0 atom stereocenters. The highest BCUT2D eigenvalue weighted by atomic mass is 32.2. The van der Waals surface area contributed by atoms with E-state index in [-0.39, 0.29) is 23.6 Å². The molecular formula is C32H29F2N7O3S. The summed E-state index contributed by atoms with van der Waals surface area (Å²) in [5.41, 5.74) is 4.60. The van der Waals surface area contributed by atoms with Gasteiger partial charge in [-0.05, 0) is 66.4 Å². The van der Waals surface area contributed by atoms with Gasteiger partial charge in [-0.25, -0.2) is 22.2 Å². The lowest BCUT2D eigenvalue weighted by Crippen LogP contribution is -2.11. The highest BCUT2D eigenvalue weighted by molar-refractivity contribution is 7.90. The molecule has 0 saturated carbocycles. The number of imidazole rings is 1. The molecule has 0 aliphatic carbocycles. The second-order valence-electron chi connectivity index (χ2n) is 10.9. The molecule has 4 aromatic heterocycles. The molecule has 230 valence electrons. The number of sulfone groups is 1. The number of hydrogen-bond acceptors (Lipinski definition) is 7. The summed E-state index contributed by atoms with van der Waals surface area (Å²) in [6.07, 6.45) is 8.06. The average Bonchev–Trinajstić information content (AvgIpc) is 3.63. The summed E-state index contributed by atoms with van der Waals surface area (Å²) < 4.78 is 53.3. The van der Waals surface area contributed by atoms with E-state index in [1.54, 1.807) is 42.9 Å². The number of hydrogen-bond donors (Lipinski definition) is 3. The Kier molecular flexibility index (Phi) is 8.11. The van der Waals surface area contributed by atoms with Crippen molar-refractivity contribution in [3.63, 3.8) is 0 Å². The van der Waals surface area contributed by atoms with Gasteiger partial charge >= 0.3 is 0 Å². The molecule has 6 aromatic rings. The number of rotatable bonds is 10. The maximum absolute atomic E-state index is 15.3. The van der Waals surface area contributed by atoms with Gasteiger partial charge in [0, 0.05) is 41.6 Å². The third kappa shape index (κ3) is 6.58. The first-order valence-electron chi connectivity index (χ1n) is 14.3. The molecule has 0 spiro atoms. The topological polar surface area (TPSA) is 146 Å². The highest BCUT2D eigenvalue weighted by Gasteiger charge is 2.19. The Morgan fingerprint density at radius 1 is 1.00 bits per heavy atom. The Bertz CT molecular complexity index is 2180. The number of fused-ring (bicyclic) bond motifs is 2. The van der Waals surface area contributed by atoms with Gasteiger partial charge in [-0.2, -0.15) is 5.10 Å². The van der Waals surface area contributed by atoms with E-state index in [0.29, 0.717) is 68.0 Å². The Morgan fingerprint density at radius 3 is 2.64 bits per heavy atom. The standard InChI is InChI=1S/C32H29F2N7O3S/c1-3-4-5-27(42)37-23-13-21(16-35-17-23)19-14-24-29(25(34)15-19)40-41-30(24)32-38-26-6-8-36-28(31(26)39-32)20-10-18(11-22(33)12-20)7-9-45(2,43)44/h6,8,10-17H,3-5,7,9H2,1-2H3,(H,37,42)(H,38,39)(H,40,41). The third-order valence-electron chi connectivity index (χ3n) is 7.36. The minimum absolute atomic E-state index is 0.112. The van der Waals surface area contributed by atoms with Crippen LogP contribution in [0.5, 0.6) is 0 Å². The van der Waals surface area contributed by atoms with Crippen molar-refractivity contribution in [2.45, 2.75) is 32.6 Å². The largest absolute Gasteiger partial charge is 0.337 e. The summed E-state index contributed by atoms with van der Waals surface area (Å²) in [4.78, 5) is 28.9. The molecular weight excluding hydrogens is 600 g/mol. The number of aromatic nitrogens is 6. The van der Waals surface area contributed by atoms with Gasteiger partial charge in [0.25, 0.3) is 0 Å². The van der Waals surface area contributed by atoms with Crippen molar-refractivity contribution in [2.24, 2.45) is 0 Å². The number of aryl methyl sites for hydroxylation is 1. The molecule has 4 heterocycles. The number of carbonyl (C=O) groups is 1. The lowest BCUT2D eigenvalue weighted by molar-refractivity contribution is -0.116. The van der Waals surface area contributed by atoms with Gasteiger partial charge in [0.05, 0.1) is 28.8 Å². The number of unbranched alkanes of at least 4 members (excludes halogenated alkanes) is 1. The summed E-state index contributed by atoms with van der Waals surface area (Å²) in [7, 11) is -3.23. The average molecular weight is 630 g/mol. The molecule has 6 rings (SSSR count). The first kappa shape index (κ1) is 30.0. The number of halogens is 2. The van der Waals surface area contributed by atoms with Crippen LogP contribution < -0.4 is 5.32 Å². The number of aromatic amines is 2. The van der Waals surface area contributed by atoms with E-state index >= 15 is 4.39 Å². The Labute approximate surface area is 257 Å². The van der Waals surface area contributed by atoms with Crippen LogP contribution in [0.15, 0.2) is 61.1 Å². The number of nitrogens with one attached hydrogen (secondary N) is 3. The quantitative estimate of drug-likeness (QED) is 0.163. The van der Waals surface area contributed by atoms with E-state index in [1.165, 1.54) is 18.2 Å². The van der Waals surface area contributed by atoms with Crippen molar-refractivity contribution >= 4 is 43.4 Å². The van der Waals surface area contributed by atoms with Crippen LogP contribution in [0, 0.1) is 11.6 Å². The second-order valence-corrected chi connectivity index (χ2v) is 13.2. The number of amides is 1. The van der Waals surface area contributed by atoms with Crippen LogP contribution in [0.25, 0.3) is 55.8 Å². The number of anilines is 1. The first-order chi connectivity index (χ1) is 21.6. The van der Waals surface area contributed by atoms with Gasteiger partial charge in [0.2, 0.25) is 5.91 Å². The molecule has 0 saturated heterocycles. The van der Waals surface area contributed by atoms with Crippen molar-refractivity contribution in [1.82, 2.24) is 30.1 Å². The van der Waals surface area contributed by atoms with Crippen LogP contribution in [0.1, 0.15) is 31.7 Å². The third-order valence-corrected chi connectivity index (χ3v) is 8.30. The van der Waals surface area contributed by atoms with Gasteiger partial charge < -0.3 is 10.3 Å². The molecule has 0 radical (unpaired) electrons. The monoisotopic (exact) mass is 629 g/mol. The first-order valence-corrected chi connectivity index (χ1v) is 16.4. The molecule has 10 nitrogen and oxygen atoms in total. The fourth-order valence-corrected chi connectivity index (χ4v) is 5.76. The van der Waals surface area contributed by atoms with Crippen molar-refractivity contribution < 1.29 is 22.0 Å². The van der Waals surface area contributed by atoms with E-state index in [4.69, 9.17) is 4.98 Å². The maximum Gasteiger partial charge on any atom is 0.224 e. The molecule has 0 unspecified atom stereocenters. The van der Waals surface area contributed by atoms with Gasteiger partial charge in [-0.1, -0.05) is 13.3 Å². The lowest BCUT2D eigenvalue weighted by atomic mass is 10.0. The number of benzene rings is 2. The summed E-state index contributed by atoms with van der Waals surface area (Å²) in [5, 5.41) is 10.4. The predicted octanol–water partition coefficient (Wildman–Crippen LogP) is 6.22. The minimum atomic E-state index is -3.23. The summed E-state index contributed by atoms with van der Waals surface area (Å²) in [5.74, 6) is -0.937. The number of pyridine rings is 2. The molecule has 0 bridgehead atoms. The predicted molar refractivity (Wildman–Crippen MR) is 169 cm³/mol. The smallest absolute Gasteiger partial charge is 0.224 e. The molecule has 0 aliphatic rings. The van der Waals surface area contributed by atoms with Crippen molar-refractivity contribution in [3.8, 4) is 33.9 Å². The van der Waals surface area contributed by atoms with Crippen LogP contribution in [0.4, 0.5) is 14.5 Å². The van der Waals surface area contributed by atoms with E-state index in [2.05, 4.69) is 30.5 Å². The zero-order valence-electron chi connectivity index (χ0n) is 24.5. The number of nitrogens with zero attached hydrogens (tertiary/aromatic N) is 4. The Balaban J connectivity index is 1.38. The fourth-order valence-electron chi connectivity index (χ4n) is 5.15. The lowest BCUT2D eigenvalue weighted by Gasteiger charge is -2.08. The van der Waals surface area contributed by atoms with Gasteiger partial charge in [0.15, 0.2) is 11.6 Å². The maximum atomic E-state index is 15.3. The Morgan fingerprint density at radius 2 is 1.84 bits per heavy atom. The number of carbonyl (C=O) groups excluding carboxylic acids is 1. The van der Waals surface area contributed by atoms with Crippen LogP contribution in [-0.4, -0.2) is 56.5 Å². The molecule has 2 aromatic carbocycles. The van der Waals surface area contributed by atoms with Crippen LogP contribution in [0.2, 0.25) is 0 Å². The second kappa shape index (κ2) is 12.2. The zero-order valence-corrected chi connectivity index (χ0v) is 25.3. The van der Waals surface area contributed by atoms with Gasteiger partial charge in [-0.3, -0.25) is 19.9 Å². The molecule has 0 aliphatic heterocycles. The fraction of sp³-hybridized carbons (Fsp3) is 0.219. The summed E-state index contributed by atoms with van der Waals surface area (Å²) in [6, 6.07) is 10.9. The van der Waals surface area contributed by atoms with Gasteiger partial charge in [-0.15, -0.1) is 0 Å². The number of H-pyrrole nitrogens is 2. The van der Waals surface area contributed by atoms with Crippen LogP contribution >= 0.6 is 0 Å². The van der Waals surface area contributed by atoms with Crippen LogP contribution in [-0.2, 0) is 21.1 Å². The minimum Gasteiger partial charge on any atom is -0.337 e. The Hall–Kier alpha value is -5.04.